The van der Waals surface area contributed by atoms with Gasteiger partial charge in [-0.15, -0.1) is 0 Å². The average molecular weight is 188 g/mol. The highest BCUT2D eigenvalue weighted by atomic mass is 16.4. The molecular weight excluding hydrogens is 172 g/mol. The third-order valence-electron chi connectivity index (χ3n) is 1.70. The number of nitrogens with zero attached hydrogens (tertiary/aromatic N) is 1. The Morgan fingerprint density at radius 2 is 1.69 bits per heavy atom. The summed E-state index contributed by atoms with van der Waals surface area (Å²) < 4.78 is 0. The number of nitrogens with two attached hydrogens (primary N) is 1. The van der Waals surface area contributed by atoms with Crippen molar-refractivity contribution in [1.29, 1.82) is 0 Å². The van der Waals surface area contributed by atoms with E-state index in [-0.39, 0.29) is 12.3 Å². The number of carboxylic acids is 1. The van der Waals surface area contributed by atoms with Gasteiger partial charge in [-0.05, 0) is 12.8 Å². The van der Waals surface area contributed by atoms with Crippen molar-refractivity contribution in [2.45, 2.75) is 38.5 Å². The number of amidine groups is 1. The van der Waals surface area contributed by atoms with Gasteiger partial charge in [0.25, 0.3) is 0 Å². The fourth-order valence-electron chi connectivity index (χ4n) is 0.986. The third kappa shape index (κ3) is 8.65. The van der Waals surface area contributed by atoms with Gasteiger partial charge in [0.1, 0.15) is 5.84 Å². The van der Waals surface area contributed by atoms with E-state index < -0.39 is 5.97 Å². The summed E-state index contributed by atoms with van der Waals surface area (Å²) in [4.78, 5) is 10.1. The zero-order valence-electron chi connectivity index (χ0n) is 7.57. The fourth-order valence-corrected chi connectivity index (χ4v) is 0.986. The molecule has 0 bridgehead atoms. The molecule has 0 aliphatic rings. The maximum Gasteiger partial charge on any atom is 0.303 e. The van der Waals surface area contributed by atoms with Crippen LogP contribution in [0.4, 0.5) is 0 Å². The molecule has 0 aliphatic carbocycles. The monoisotopic (exact) mass is 188 g/mol. The summed E-state index contributed by atoms with van der Waals surface area (Å²) in [5, 5.41) is 19.4. The van der Waals surface area contributed by atoms with Crippen LogP contribution in [0, 0.1) is 0 Å². The maximum absolute atomic E-state index is 10.1. The summed E-state index contributed by atoms with van der Waals surface area (Å²) in [5.41, 5.74) is 5.24. The molecule has 76 valence electrons. The molecule has 0 fully saturated rings. The quantitative estimate of drug-likeness (QED) is 0.183. The van der Waals surface area contributed by atoms with Crippen LogP contribution in [0.3, 0.4) is 0 Å². The second-order valence-corrected chi connectivity index (χ2v) is 2.90. The van der Waals surface area contributed by atoms with E-state index in [0.717, 1.165) is 19.3 Å². The van der Waals surface area contributed by atoms with E-state index in [1.54, 1.807) is 0 Å². The summed E-state index contributed by atoms with van der Waals surface area (Å²) in [6, 6.07) is 0. The molecule has 0 saturated carbocycles. The SMILES string of the molecule is N/C(CCCCCCC(=O)O)=N\O. The molecule has 0 rings (SSSR count). The highest BCUT2D eigenvalue weighted by Crippen LogP contribution is 2.04. The molecular formula is C8H16N2O3. The Labute approximate surface area is 77.2 Å². The molecule has 0 aliphatic heterocycles. The van der Waals surface area contributed by atoms with Crippen molar-refractivity contribution >= 4 is 11.8 Å². The summed E-state index contributed by atoms with van der Waals surface area (Å²) >= 11 is 0. The molecule has 0 heterocycles. The van der Waals surface area contributed by atoms with E-state index in [9.17, 15) is 4.79 Å². The Morgan fingerprint density at radius 1 is 1.15 bits per heavy atom. The lowest BCUT2D eigenvalue weighted by molar-refractivity contribution is -0.137. The summed E-state index contributed by atoms with van der Waals surface area (Å²) in [6.07, 6.45) is 4.14. The van der Waals surface area contributed by atoms with Gasteiger partial charge in [-0.25, -0.2) is 0 Å². The van der Waals surface area contributed by atoms with Gasteiger partial charge >= 0.3 is 5.97 Å². The number of hydrogen-bond acceptors (Lipinski definition) is 3. The lowest BCUT2D eigenvalue weighted by Gasteiger charge is -1.98. The molecule has 0 unspecified atom stereocenters. The molecule has 5 nitrogen and oxygen atoms in total. The molecule has 0 aromatic rings. The topological polar surface area (TPSA) is 95.9 Å². The summed E-state index contributed by atoms with van der Waals surface area (Å²) in [5.74, 6) is -0.519. The number of hydrogen-bond donors (Lipinski definition) is 3. The molecule has 0 radical (unpaired) electrons. The number of aliphatic carboxylic acids is 1. The lowest BCUT2D eigenvalue weighted by atomic mass is 10.1. The first-order valence-electron chi connectivity index (χ1n) is 4.35. The van der Waals surface area contributed by atoms with Crippen molar-refractivity contribution in [1.82, 2.24) is 0 Å². The van der Waals surface area contributed by atoms with Crippen molar-refractivity contribution in [2.75, 3.05) is 0 Å². The molecule has 0 saturated heterocycles. The Kier molecular flexibility index (Phi) is 6.68. The second-order valence-electron chi connectivity index (χ2n) is 2.90. The highest BCUT2D eigenvalue weighted by Gasteiger charge is 1.97. The number of oxime groups is 1. The van der Waals surface area contributed by atoms with Crippen LogP contribution >= 0.6 is 0 Å². The van der Waals surface area contributed by atoms with Gasteiger partial charge < -0.3 is 16.0 Å². The number of carboxylic acid groups (broad SMARTS) is 1. The van der Waals surface area contributed by atoms with Crippen LogP contribution in [-0.4, -0.2) is 22.1 Å². The Hall–Kier alpha value is -1.26. The number of carbonyl (C=O) groups is 1. The smallest absolute Gasteiger partial charge is 0.303 e. The normalized spacial score (nSPS) is 11.5. The Balaban J connectivity index is 3.13. The van der Waals surface area contributed by atoms with E-state index in [0.29, 0.717) is 12.8 Å². The molecule has 0 amide bonds. The van der Waals surface area contributed by atoms with Crippen LogP contribution in [0.1, 0.15) is 38.5 Å². The van der Waals surface area contributed by atoms with Crippen molar-refractivity contribution in [3.63, 3.8) is 0 Å². The highest BCUT2D eigenvalue weighted by molar-refractivity contribution is 5.79. The van der Waals surface area contributed by atoms with Crippen molar-refractivity contribution in [3.8, 4) is 0 Å². The average Bonchev–Trinajstić information content (AvgIpc) is 2.10. The predicted molar refractivity (Wildman–Crippen MR) is 48.7 cm³/mol. The first kappa shape index (κ1) is 11.7. The van der Waals surface area contributed by atoms with E-state index in [4.69, 9.17) is 16.0 Å². The zero-order chi connectivity index (χ0) is 10.1. The predicted octanol–water partition coefficient (Wildman–Crippen LogP) is 1.16. The minimum atomic E-state index is -0.753. The molecule has 5 heteroatoms. The largest absolute Gasteiger partial charge is 0.481 e. The van der Waals surface area contributed by atoms with Crippen molar-refractivity contribution in [2.24, 2.45) is 10.9 Å². The zero-order valence-corrected chi connectivity index (χ0v) is 7.57. The van der Waals surface area contributed by atoms with E-state index in [2.05, 4.69) is 5.16 Å². The second kappa shape index (κ2) is 7.39. The molecule has 0 atom stereocenters. The Bertz CT molecular complexity index is 180. The van der Waals surface area contributed by atoms with Crippen LogP contribution in [0.25, 0.3) is 0 Å². The van der Waals surface area contributed by atoms with Crippen LogP contribution in [0.5, 0.6) is 0 Å². The van der Waals surface area contributed by atoms with Crippen LogP contribution < -0.4 is 5.73 Å². The van der Waals surface area contributed by atoms with Gasteiger partial charge in [0, 0.05) is 12.8 Å². The van der Waals surface area contributed by atoms with Gasteiger partial charge in [-0.2, -0.15) is 0 Å². The van der Waals surface area contributed by atoms with E-state index >= 15 is 0 Å². The van der Waals surface area contributed by atoms with Gasteiger partial charge in [0.05, 0.1) is 0 Å². The summed E-state index contributed by atoms with van der Waals surface area (Å²) in [7, 11) is 0. The molecule has 0 spiro atoms. The molecule has 0 aromatic heterocycles. The van der Waals surface area contributed by atoms with E-state index in [1.165, 1.54) is 0 Å². The lowest BCUT2D eigenvalue weighted by Crippen LogP contribution is -2.10. The van der Waals surface area contributed by atoms with E-state index in [1.807, 2.05) is 0 Å². The molecule has 4 N–H and O–H groups in total. The first-order chi connectivity index (χ1) is 6.16. The fraction of sp³-hybridized carbons (Fsp3) is 0.750. The number of rotatable bonds is 7. The minimum Gasteiger partial charge on any atom is -0.481 e. The van der Waals surface area contributed by atoms with Crippen LogP contribution in [-0.2, 0) is 4.79 Å². The first-order valence-corrected chi connectivity index (χ1v) is 4.35. The summed E-state index contributed by atoms with van der Waals surface area (Å²) in [6.45, 7) is 0. The number of unbranched alkanes of at least 4 members (excludes halogenated alkanes) is 3. The standard InChI is InChI=1S/C8H16N2O3/c9-7(10-13)5-3-1-2-4-6-8(11)12/h13H,1-6H2,(H2,9,10)(H,11,12). The van der Waals surface area contributed by atoms with Gasteiger partial charge in [-0.1, -0.05) is 18.0 Å². The van der Waals surface area contributed by atoms with Crippen molar-refractivity contribution < 1.29 is 15.1 Å². The van der Waals surface area contributed by atoms with Crippen LogP contribution in [0.15, 0.2) is 5.16 Å². The minimum absolute atomic E-state index is 0.226. The van der Waals surface area contributed by atoms with Gasteiger partial charge in [0.2, 0.25) is 0 Å². The van der Waals surface area contributed by atoms with Gasteiger partial charge in [0.15, 0.2) is 0 Å². The maximum atomic E-state index is 10.1. The molecule has 13 heavy (non-hydrogen) atoms. The Morgan fingerprint density at radius 3 is 2.15 bits per heavy atom. The third-order valence-corrected chi connectivity index (χ3v) is 1.70. The molecule has 0 aromatic carbocycles. The van der Waals surface area contributed by atoms with Crippen molar-refractivity contribution in [3.05, 3.63) is 0 Å². The van der Waals surface area contributed by atoms with Gasteiger partial charge in [-0.3, -0.25) is 4.79 Å². The van der Waals surface area contributed by atoms with Crippen LogP contribution in [0.2, 0.25) is 0 Å².